The van der Waals surface area contributed by atoms with E-state index in [0.29, 0.717) is 43.0 Å². The second-order valence-electron chi connectivity index (χ2n) is 9.16. The number of amides is 2. The number of halogens is 1. The van der Waals surface area contributed by atoms with Crippen molar-refractivity contribution in [3.05, 3.63) is 76.7 Å². The number of carbonyl (C=O) groups is 3. The third kappa shape index (κ3) is 5.27. The Labute approximate surface area is 211 Å². The van der Waals surface area contributed by atoms with E-state index in [1.807, 2.05) is 12.1 Å². The van der Waals surface area contributed by atoms with E-state index < -0.39 is 17.7 Å². The summed E-state index contributed by atoms with van der Waals surface area (Å²) in [5.74, 6) is -1.88. The van der Waals surface area contributed by atoms with Gasteiger partial charge in [-0.15, -0.1) is 0 Å². The number of piperazine rings is 1. The highest BCUT2D eigenvalue weighted by molar-refractivity contribution is 5.97. The van der Waals surface area contributed by atoms with Crippen molar-refractivity contribution in [1.29, 1.82) is 0 Å². The molecule has 0 aliphatic carbocycles. The number of ether oxygens (including phenoxy) is 1. The number of aryl methyl sites for hydroxylation is 1. The van der Waals surface area contributed by atoms with E-state index in [2.05, 4.69) is 24.0 Å². The molecular formula is C28H32FN3O4. The fourth-order valence-electron chi connectivity index (χ4n) is 5.01. The van der Waals surface area contributed by atoms with Crippen LogP contribution in [0.2, 0.25) is 0 Å². The Hall–Kier alpha value is -3.68. The SMILES string of the molecule is CCOC(=O)C1=C(C)N(CC(=O)N2CCN(c3ccccc3C)CC2)C(=O)CC1c1ccc(F)cc1. The van der Waals surface area contributed by atoms with Crippen LogP contribution in [0.15, 0.2) is 59.8 Å². The predicted molar refractivity (Wildman–Crippen MR) is 135 cm³/mol. The molecular weight excluding hydrogens is 461 g/mol. The van der Waals surface area contributed by atoms with E-state index in [9.17, 15) is 18.8 Å². The van der Waals surface area contributed by atoms with Crippen LogP contribution >= 0.6 is 0 Å². The summed E-state index contributed by atoms with van der Waals surface area (Å²) in [6, 6.07) is 14.0. The van der Waals surface area contributed by atoms with Gasteiger partial charge in [-0.05, 0) is 50.1 Å². The van der Waals surface area contributed by atoms with Crippen molar-refractivity contribution < 1.29 is 23.5 Å². The summed E-state index contributed by atoms with van der Waals surface area (Å²) in [6.07, 6.45) is 0.00542. The van der Waals surface area contributed by atoms with Crippen LogP contribution in [-0.4, -0.2) is 66.9 Å². The van der Waals surface area contributed by atoms with E-state index in [0.717, 1.165) is 0 Å². The zero-order valence-corrected chi connectivity index (χ0v) is 21.0. The van der Waals surface area contributed by atoms with Crippen molar-refractivity contribution in [1.82, 2.24) is 9.80 Å². The summed E-state index contributed by atoms with van der Waals surface area (Å²) in [5.41, 5.74) is 3.76. The lowest BCUT2D eigenvalue weighted by atomic mass is 9.83. The largest absolute Gasteiger partial charge is 0.463 e. The first-order chi connectivity index (χ1) is 17.3. The number of anilines is 1. The Balaban J connectivity index is 1.50. The van der Waals surface area contributed by atoms with Crippen molar-refractivity contribution in [3.8, 4) is 0 Å². The molecule has 1 atom stereocenters. The lowest BCUT2D eigenvalue weighted by Crippen LogP contribution is -2.52. The van der Waals surface area contributed by atoms with Crippen LogP contribution in [0.5, 0.6) is 0 Å². The molecule has 2 aromatic carbocycles. The fourth-order valence-corrected chi connectivity index (χ4v) is 5.01. The summed E-state index contributed by atoms with van der Waals surface area (Å²) in [7, 11) is 0. The molecule has 1 fully saturated rings. The number of nitrogens with zero attached hydrogens (tertiary/aromatic N) is 3. The number of carbonyl (C=O) groups excluding carboxylic acids is 3. The van der Waals surface area contributed by atoms with Crippen LogP contribution in [0.1, 0.15) is 37.3 Å². The molecule has 0 aromatic heterocycles. The van der Waals surface area contributed by atoms with Crippen LogP contribution in [0.25, 0.3) is 0 Å². The van der Waals surface area contributed by atoms with E-state index in [4.69, 9.17) is 4.74 Å². The normalized spacial score (nSPS) is 18.5. The first-order valence-electron chi connectivity index (χ1n) is 12.3. The average molecular weight is 494 g/mol. The van der Waals surface area contributed by atoms with E-state index in [1.165, 1.54) is 28.3 Å². The standard InChI is InChI=1S/C28H32FN3O4/c1-4-36-28(35)27-20(3)32(25(33)17-23(27)21-9-11-22(29)12-10-21)18-26(34)31-15-13-30(14-16-31)24-8-6-5-7-19(24)2/h5-12,23H,4,13-18H2,1-3H3. The number of para-hydroxylation sites is 1. The molecule has 2 aromatic rings. The van der Waals surface area contributed by atoms with Crippen LogP contribution in [-0.2, 0) is 19.1 Å². The van der Waals surface area contributed by atoms with Gasteiger partial charge in [-0.2, -0.15) is 0 Å². The summed E-state index contributed by atoms with van der Waals surface area (Å²) in [4.78, 5) is 44.7. The van der Waals surface area contributed by atoms with Crippen LogP contribution in [0.4, 0.5) is 10.1 Å². The highest BCUT2D eigenvalue weighted by atomic mass is 19.1. The van der Waals surface area contributed by atoms with Crippen molar-refractivity contribution in [2.24, 2.45) is 0 Å². The van der Waals surface area contributed by atoms with Gasteiger partial charge in [0.25, 0.3) is 0 Å². The maximum Gasteiger partial charge on any atom is 0.336 e. The molecule has 190 valence electrons. The Morgan fingerprint density at radius 3 is 2.31 bits per heavy atom. The maximum atomic E-state index is 13.5. The van der Waals surface area contributed by atoms with E-state index in [-0.39, 0.29) is 31.4 Å². The Morgan fingerprint density at radius 1 is 1.00 bits per heavy atom. The van der Waals surface area contributed by atoms with Crippen molar-refractivity contribution in [3.63, 3.8) is 0 Å². The minimum Gasteiger partial charge on any atom is -0.463 e. The molecule has 7 nitrogen and oxygen atoms in total. The highest BCUT2D eigenvalue weighted by Crippen LogP contribution is 2.37. The molecule has 1 saturated heterocycles. The summed E-state index contributed by atoms with van der Waals surface area (Å²) < 4.78 is 18.8. The minimum atomic E-state index is -0.554. The molecule has 36 heavy (non-hydrogen) atoms. The molecule has 2 amide bonds. The topological polar surface area (TPSA) is 70.2 Å². The monoisotopic (exact) mass is 493 g/mol. The van der Waals surface area contributed by atoms with Gasteiger partial charge in [0.05, 0.1) is 12.2 Å². The first kappa shape index (κ1) is 25.4. The quantitative estimate of drug-likeness (QED) is 0.575. The molecule has 2 aliphatic rings. The van der Waals surface area contributed by atoms with Gasteiger partial charge in [-0.25, -0.2) is 9.18 Å². The summed E-state index contributed by atoms with van der Waals surface area (Å²) >= 11 is 0. The smallest absolute Gasteiger partial charge is 0.336 e. The summed E-state index contributed by atoms with van der Waals surface area (Å²) in [6.45, 7) is 8.04. The van der Waals surface area contributed by atoms with Crippen molar-refractivity contribution in [2.45, 2.75) is 33.1 Å². The number of hydrogen-bond acceptors (Lipinski definition) is 5. The Morgan fingerprint density at radius 2 is 1.67 bits per heavy atom. The van der Waals surface area contributed by atoms with Gasteiger partial charge >= 0.3 is 5.97 Å². The molecule has 2 aliphatic heterocycles. The van der Waals surface area contributed by atoms with Crippen LogP contribution in [0.3, 0.4) is 0 Å². The summed E-state index contributed by atoms with van der Waals surface area (Å²) in [5, 5.41) is 0. The fraction of sp³-hybridized carbons (Fsp3) is 0.393. The van der Waals surface area contributed by atoms with Gasteiger partial charge in [-0.3, -0.25) is 9.59 Å². The third-order valence-corrected chi connectivity index (χ3v) is 6.97. The van der Waals surface area contributed by atoms with Gasteiger partial charge in [-0.1, -0.05) is 30.3 Å². The maximum absolute atomic E-state index is 13.5. The minimum absolute atomic E-state index is 0.00542. The lowest BCUT2D eigenvalue weighted by molar-refractivity contribution is -0.142. The zero-order valence-electron chi connectivity index (χ0n) is 21.0. The Kier molecular flexibility index (Phi) is 7.72. The first-order valence-corrected chi connectivity index (χ1v) is 12.3. The van der Waals surface area contributed by atoms with Gasteiger partial charge in [0.1, 0.15) is 12.4 Å². The third-order valence-electron chi connectivity index (χ3n) is 6.97. The number of benzene rings is 2. The van der Waals surface area contributed by atoms with E-state index >= 15 is 0 Å². The average Bonchev–Trinajstić information content (AvgIpc) is 2.87. The van der Waals surface area contributed by atoms with Crippen molar-refractivity contribution >= 4 is 23.5 Å². The van der Waals surface area contributed by atoms with Crippen LogP contribution in [0, 0.1) is 12.7 Å². The molecule has 0 N–H and O–H groups in total. The molecule has 2 heterocycles. The number of allylic oxidation sites excluding steroid dienone is 1. The number of esters is 1. The molecule has 8 heteroatoms. The van der Waals surface area contributed by atoms with Crippen LogP contribution < -0.4 is 4.90 Å². The molecule has 0 bridgehead atoms. The molecule has 0 spiro atoms. The van der Waals surface area contributed by atoms with Gasteiger partial charge in [0.2, 0.25) is 11.8 Å². The highest BCUT2D eigenvalue weighted by Gasteiger charge is 2.38. The Bertz CT molecular complexity index is 1170. The van der Waals surface area contributed by atoms with Crippen molar-refractivity contribution in [2.75, 3.05) is 44.2 Å². The predicted octanol–water partition coefficient (Wildman–Crippen LogP) is 3.64. The van der Waals surface area contributed by atoms with E-state index in [1.54, 1.807) is 30.9 Å². The number of hydrogen-bond donors (Lipinski definition) is 0. The van der Waals surface area contributed by atoms with Gasteiger partial charge < -0.3 is 19.4 Å². The second kappa shape index (κ2) is 10.9. The van der Waals surface area contributed by atoms with Gasteiger partial charge in [0, 0.05) is 49.9 Å². The molecule has 0 saturated carbocycles. The zero-order chi connectivity index (χ0) is 25.8. The molecule has 0 radical (unpaired) electrons. The molecule has 4 rings (SSSR count). The second-order valence-corrected chi connectivity index (χ2v) is 9.16. The van der Waals surface area contributed by atoms with Gasteiger partial charge in [0.15, 0.2) is 0 Å². The number of rotatable bonds is 6. The lowest BCUT2D eigenvalue weighted by Gasteiger charge is -2.39. The molecule has 1 unspecified atom stereocenters.